The molecule has 0 atom stereocenters. The molecule has 0 aliphatic rings. The topological polar surface area (TPSA) is 80.2 Å². The number of hydrogen-bond donors (Lipinski definition) is 2. The van der Waals surface area contributed by atoms with E-state index in [-0.39, 0.29) is 12.4 Å². The molecule has 28 heavy (non-hydrogen) atoms. The molecule has 0 radical (unpaired) electrons. The molecular weight excluding hydrogens is 356 g/mol. The highest BCUT2D eigenvalue weighted by Crippen LogP contribution is 2.29. The van der Waals surface area contributed by atoms with E-state index >= 15 is 0 Å². The summed E-state index contributed by atoms with van der Waals surface area (Å²) in [5.74, 6) is 0.798. The quantitative estimate of drug-likeness (QED) is 0.483. The number of rotatable bonds is 7. The van der Waals surface area contributed by atoms with Gasteiger partial charge in [0.15, 0.2) is 18.1 Å². The number of carbonyl (C=O) groups excluding carboxylic acids is 1. The number of nitrogens with zero attached hydrogens (tertiary/aromatic N) is 1. The van der Waals surface area contributed by atoms with Crippen LogP contribution < -0.4 is 14.9 Å². The highest BCUT2D eigenvalue weighted by atomic mass is 16.5. The molecule has 0 aromatic heterocycles. The van der Waals surface area contributed by atoms with E-state index in [1.54, 1.807) is 31.2 Å². The highest BCUT2D eigenvalue weighted by molar-refractivity contribution is 6.06. The molecule has 0 heterocycles. The summed E-state index contributed by atoms with van der Waals surface area (Å²) >= 11 is 0. The molecule has 0 unspecified atom stereocenters. The van der Waals surface area contributed by atoms with Crippen LogP contribution in [0.5, 0.6) is 17.2 Å². The van der Waals surface area contributed by atoms with Gasteiger partial charge in [-0.25, -0.2) is 5.43 Å². The Bertz CT molecular complexity index is 1010. The number of phenolic OH excluding ortho intramolecular Hbond substituents is 1. The van der Waals surface area contributed by atoms with E-state index in [1.165, 1.54) is 0 Å². The summed E-state index contributed by atoms with van der Waals surface area (Å²) in [6.45, 7) is 3.90. The maximum absolute atomic E-state index is 12.1. The molecule has 0 saturated carbocycles. The summed E-state index contributed by atoms with van der Waals surface area (Å²) in [6.07, 6.45) is 0. The van der Waals surface area contributed by atoms with Crippen molar-refractivity contribution in [1.29, 1.82) is 0 Å². The van der Waals surface area contributed by atoms with Gasteiger partial charge in [-0.3, -0.25) is 4.79 Å². The predicted octanol–water partition coefficient (Wildman–Crippen LogP) is 3.86. The third-order valence-corrected chi connectivity index (χ3v) is 4.15. The zero-order valence-corrected chi connectivity index (χ0v) is 15.8. The molecule has 6 nitrogen and oxygen atoms in total. The van der Waals surface area contributed by atoms with E-state index in [4.69, 9.17) is 9.47 Å². The van der Waals surface area contributed by atoms with Gasteiger partial charge in [0.1, 0.15) is 5.75 Å². The standard InChI is InChI=1S/C22H22N2O4/c1-3-27-19-10-6-7-11-20(19)28-14-21(25)24-23-15(2)17-13-12-16-8-4-5-9-18(16)22(17)26/h4-13,26H,3,14H2,1-2H3,(H,24,25). The van der Waals surface area contributed by atoms with Crippen molar-refractivity contribution in [3.05, 3.63) is 66.2 Å². The van der Waals surface area contributed by atoms with E-state index in [2.05, 4.69) is 10.5 Å². The Labute approximate surface area is 163 Å². The lowest BCUT2D eigenvalue weighted by Gasteiger charge is -2.11. The second-order valence-corrected chi connectivity index (χ2v) is 6.08. The van der Waals surface area contributed by atoms with Crippen LogP contribution in [0.3, 0.4) is 0 Å². The van der Waals surface area contributed by atoms with Gasteiger partial charge in [0, 0.05) is 10.9 Å². The third kappa shape index (κ3) is 4.40. The van der Waals surface area contributed by atoms with Crippen LogP contribution in [0.2, 0.25) is 0 Å². The van der Waals surface area contributed by atoms with E-state index in [9.17, 15) is 9.90 Å². The second-order valence-electron chi connectivity index (χ2n) is 6.08. The zero-order chi connectivity index (χ0) is 19.9. The fourth-order valence-electron chi connectivity index (χ4n) is 2.77. The van der Waals surface area contributed by atoms with Crippen LogP contribution in [0.1, 0.15) is 19.4 Å². The summed E-state index contributed by atoms with van der Waals surface area (Å²) in [5, 5.41) is 16.2. The number of carbonyl (C=O) groups is 1. The number of para-hydroxylation sites is 2. The van der Waals surface area contributed by atoms with Gasteiger partial charge in [0.25, 0.3) is 5.91 Å². The molecule has 0 fully saturated rings. The Kier molecular flexibility index (Phi) is 6.11. The van der Waals surface area contributed by atoms with Gasteiger partial charge < -0.3 is 14.6 Å². The molecular formula is C22H22N2O4. The fourth-order valence-corrected chi connectivity index (χ4v) is 2.77. The Morgan fingerprint density at radius 3 is 2.43 bits per heavy atom. The summed E-state index contributed by atoms with van der Waals surface area (Å²) in [7, 11) is 0. The van der Waals surface area contributed by atoms with Crippen LogP contribution in [-0.2, 0) is 4.79 Å². The Morgan fingerprint density at radius 2 is 1.68 bits per heavy atom. The fraction of sp³-hybridized carbons (Fsp3) is 0.182. The first-order valence-corrected chi connectivity index (χ1v) is 8.99. The number of phenols is 1. The van der Waals surface area contributed by atoms with Crippen LogP contribution >= 0.6 is 0 Å². The number of ether oxygens (including phenoxy) is 2. The summed E-state index contributed by atoms with van der Waals surface area (Å²) < 4.78 is 11.0. The smallest absolute Gasteiger partial charge is 0.277 e. The lowest BCUT2D eigenvalue weighted by Crippen LogP contribution is -2.25. The minimum atomic E-state index is -0.411. The molecule has 3 aromatic carbocycles. The number of benzene rings is 3. The third-order valence-electron chi connectivity index (χ3n) is 4.15. The first kappa shape index (κ1) is 19.2. The van der Waals surface area contributed by atoms with Crippen molar-refractivity contribution in [3.8, 4) is 17.2 Å². The summed E-state index contributed by atoms with van der Waals surface area (Å²) in [6, 6.07) is 18.4. The van der Waals surface area contributed by atoms with Crippen molar-refractivity contribution < 1.29 is 19.4 Å². The van der Waals surface area contributed by atoms with Crippen LogP contribution in [0, 0.1) is 0 Å². The molecule has 144 valence electrons. The minimum absolute atomic E-state index is 0.135. The second kappa shape index (κ2) is 8.90. The van der Waals surface area contributed by atoms with Gasteiger partial charge in [-0.2, -0.15) is 5.10 Å². The minimum Gasteiger partial charge on any atom is -0.507 e. The average molecular weight is 378 g/mol. The largest absolute Gasteiger partial charge is 0.507 e. The van der Waals surface area contributed by atoms with Crippen molar-refractivity contribution in [2.24, 2.45) is 5.10 Å². The summed E-state index contributed by atoms with van der Waals surface area (Å²) in [5.41, 5.74) is 3.50. The van der Waals surface area contributed by atoms with Crippen molar-refractivity contribution in [1.82, 2.24) is 5.43 Å². The lowest BCUT2D eigenvalue weighted by molar-refractivity contribution is -0.123. The van der Waals surface area contributed by atoms with Gasteiger partial charge >= 0.3 is 0 Å². The maximum Gasteiger partial charge on any atom is 0.277 e. The number of nitrogens with one attached hydrogen (secondary N) is 1. The van der Waals surface area contributed by atoms with Crippen molar-refractivity contribution in [2.45, 2.75) is 13.8 Å². The summed E-state index contributed by atoms with van der Waals surface area (Å²) in [4.78, 5) is 12.1. The number of amides is 1. The van der Waals surface area contributed by atoms with Gasteiger partial charge in [-0.1, -0.05) is 42.5 Å². The maximum atomic E-state index is 12.1. The first-order valence-electron chi connectivity index (χ1n) is 8.99. The van der Waals surface area contributed by atoms with E-state index in [0.29, 0.717) is 29.4 Å². The molecule has 0 aliphatic carbocycles. The van der Waals surface area contributed by atoms with Gasteiger partial charge in [0.2, 0.25) is 0 Å². The Hall–Kier alpha value is -3.54. The van der Waals surface area contributed by atoms with Crippen molar-refractivity contribution in [2.75, 3.05) is 13.2 Å². The first-order chi connectivity index (χ1) is 13.6. The van der Waals surface area contributed by atoms with Crippen molar-refractivity contribution in [3.63, 3.8) is 0 Å². The monoisotopic (exact) mass is 378 g/mol. The van der Waals surface area contributed by atoms with Gasteiger partial charge in [-0.05, 0) is 37.4 Å². The number of aromatic hydroxyl groups is 1. The highest BCUT2D eigenvalue weighted by Gasteiger charge is 2.10. The molecule has 2 N–H and O–H groups in total. The molecule has 0 spiro atoms. The van der Waals surface area contributed by atoms with E-state index < -0.39 is 5.91 Å². The molecule has 1 amide bonds. The average Bonchev–Trinajstić information content (AvgIpc) is 2.72. The van der Waals surface area contributed by atoms with Crippen LogP contribution in [0.15, 0.2) is 65.8 Å². The van der Waals surface area contributed by atoms with E-state index in [0.717, 1.165) is 10.8 Å². The number of fused-ring (bicyclic) bond motifs is 1. The normalized spacial score (nSPS) is 11.3. The molecule has 0 bridgehead atoms. The SMILES string of the molecule is CCOc1ccccc1OCC(=O)NN=C(C)c1ccc2ccccc2c1O. The van der Waals surface area contributed by atoms with Crippen LogP contribution in [0.25, 0.3) is 10.8 Å². The van der Waals surface area contributed by atoms with Crippen LogP contribution in [0.4, 0.5) is 0 Å². The lowest BCUT2D eigenvalue weighted by atomic mass is 10.0. The molecule has 3 aromatic rings. The number of hydrogen-bond acceptors (Lipinski definition) is 5. The Balaban J connectivity index is 1.65. The number of hydrazone groups is 1. The predicted molar refractivity (Wildman–Crippen MR) is 109 cm³/mol. The van der Waals surface area contributed by atoms with Gasteiger partial charge in [-0.15, -0.1) is 0 Å². The molecule has 6 heteroatoms. The van der Waals surface area contributed by atoms with Crippen molar-refractivity contribution >= 4 is 22.4 Å². The zero-order valence-electron chi connectivity index (χ0n) is 15.8. The van der Waals surface area contributed by atoms with E-state index in [1.807, 2.05) is 43.3 Å². The Morgan fingerprint density at radius 1 is 1.00 bits per heavy atom. The van der Waals surface area contributed by atoms with Crippen LogP contribution in [-0.4, -0.2) is 29.9 Å². The molecule has 0 aliphatic heterocycles. The van der Waals surface area contributed by atoms with Gasteiger partial charge in [0.05, 0.1) is 12.3 Å². The molecule has 0 saturated heterocycles. The molecule has 3 rings (SSSR count).